The van der Waals surface area contributed by atoms with Gasteiger partial charge in [-0.05, 0) is 13.3 Å². The Bertz CT molecular complexity index is 379. The summed E-state index contributed by atoms with van der Waals surface area (Å²) in [4.78, 5) is 0. The molecule has 6 heteroatoms. The number of aryl methyl sites for hydroxylation is 1. The van der Waals surface area contributed by atoms with Crippen molar-refractivity contribution in [2.75, 3.05) is 27.5 Å². The summed E-state index contributed by atoms with van der Waals surface area (Å²) in [6.07, 6.45) is 1.09. The molecular formula is C9H17N2O3P. The summed E-state index contributed by atoms with van der Waals surface area (Å²) < 4.78 is 24.0. The highest BCUT2D eigenvalue weighted by Crippen LogP contribution is 2.37. The number of hydrogen-bond acceptors (Lipinski definition) is 4. The fraction of sp³-hybridized carbons (Fsp3) is 0.667. The number of aromatic nitrogens is 2. The van der Waals surface area contributed by atoms with Gasteiger partial charge in [-0.15, -0.1) is 0 Å². The Morgan fingerprint density at radius 3 is 2.33 bits per heavy atom. The summed E-state index contributed by atoms with van der Waals surface area (Å²) in [5.74, 6) is 0. The first kappa shape index (κ1) is 12.4. The maximum absolute atomic E-state index is 12.0. The van der Waals surface area contributed by atoms with Crippen LogP contribution in [0.15, 0.2) is 6.20 Å². The molecule has 0 spiro atoms. The third-order valence-electron chi connectivity index (χ3n) is 2.20. The van der Waals surface area contributed by atoms with Crippen molar-refractivity contribution in [2.45, 2.75) is 6.29 Å². The number of ether oxygens (including phenoxy) is 2. The molecule has 1 rings (SSSR count). The van der Waals surface area contributed by atoms with Crippen LogP contribution in [0.1, 0.15) is 12.0 Å². The van der Waals surface area contributed by atoms with Crippen molar-refractivity contribution < 1.29 is 14.0 Å². The summed E-state index contributed by atoms with van der Waals surface area (Å²) in [6, 6.07) is 0. The Labute approximate surface area is 89.7 Å². The number of rotatable bonds is 4. The van der Waals surface area contributed by atoms with Gasteiger partial charge in [-0.2, -0.15) is 5.10 Å². The maximum atomic E-state index is 12.0. The van der Waals surface area contributed by atoms with Gasteiger partial charge in [0.15, 0.2) is 0 Å². The molecule has 0 bridgehead atoms. The fourth-order valence-corrected chi connectivity index (χ4v) is 2.57. The van der Waals surface area contributed by atoms with E-state index in [4.69, 9.17) is 9.47 Å². The van der Waals surface area contributed by atoms with Gasteiger partial charge in [0.05, 0.1) is 11.5 Å². The van der Waals surface area contributed by atoms with Gasteiger partial charge >= 0.3 is 0 Å². The SMILES string of the molecule is COC(OC)c1c(P(C)(C)=O)cnn1C. The highest BCUT2D eigenvalue weighted by molar-refractivity contribution is 7.70. The topological polar surface area (TPSA) is 53.4 Å². The first-order valence-corrected chi connectivity index (χ1v) is 7.15. The monoisotopic (exact) mass is 232 g/mol. The minimum absolute atomic E-state index is 0.527. The molecule has 5 nitrogen and oxygen atoms in total. The minimum Gasteiger partial charge on any atom is -0.350 e. The summed E-state index contributed by atoms with van der Waals surface area (Å²) in [6.45, 7) is 3.41. The predicted molar refractivity (Wildman–Crippen MR) is 59.1 cm³/mol. The number of nitrogens with zero attached hydrogens (tertiary/aromatic N) is 2. The summed E-state index contributed by atoms with van der Waals surface area (Å²) in [7, 11) is 2.50. The highest BCUT2D eigenvalue weighted by Gasteiger charge is 2.25. The van der Waals surface area contributed by atoms with E-state index in [1.54, 1.807) is 45.5 Å². The van der Waals surface area contributed by atoms with Gasteiger partial charge in [0.1, 0.15) is 12.8 Å². The van der Waals surface area contributed by atoms with E-state index in [9.17, 15) is 4.57 Å². The molecule has 0 radical (unpaired) electrons. The van der Waals surface area contributed by atoms with Gasteiger partial charge in [0, 0.05) is 21.3 Å². The second kappa shape index (κ2) is 4.47. The van der Waals surface area contributed by atoms with Gasteiger partial charge < -0.3 is 14.0 Å². The van der Waals surface area contributed by atoms with Crippen LogP contribution in [-0.2, 0) is 21.1 Å². The lowest BCUT2D eigenvalue weighted by molar-refractivity contribution is -0.109. The quantitative estimate of drug-likeness (QED) is 0.573. The lowest BCUT2D eigenvalue weighted by Gasteiger charge is -2.17. The predicted octanol–water partition coefficient (Wildman–Crippen LogP) is 0.959. The van der Waals surface area contributed by atoms with Gasteiger partial charge in [-0.3, -0.25) is 4.68 Å². The first-order chi connectivity index (χ1) is 6.91. The molecule has 0 aromatic carbocycles. The van der Waals surface area contributed by atoms with Crippen LogP contribution in [-0.4, -0.2) is 37.3 Å². The molecule has 1 aromatic heterocycles. The molecule has 0 saturated carbocycles. The molecule has 0 unspecified atom stereocenters. The normalized spacial score (nSPS) is 12.4. The average molecular weight is 232 g/mol. The van der Waals surface area contributed by atoms with Gasteiger partial charge in [0.2, 0.25) is 6.29 Å². The molecule has 86 valence electrons. The summed E-state index contributed by atoms with van der Waals surface area (Å²) >= 11 is 0. The average Bonchev–Trinajstić information content (AvgIpc) is 2.50. The molecule has 15 heavy (non-hydrogen) atoms. The largest absolute Gasteiger partial charge is 0.350 e. The van der Waals surface area contributed by atoms with Crippen molar-refractivity contribution in [3.63, 3.8) is 0 Å². The van der Waals surface area contributed by atoms with Crippen molar-refractivity contribution in [1.82, 2.24) is 9.78 Å². The third kappa shape index (κ3) is 2.48. The Balaban J connectivity index is 3.26. The molecule has 0 atom stereocenters. The second-order valence-corrected chi connectivity index (χ2v) is 6.88. The lowest BCUT2D eigenvalue weighted by atomic mass is 10.4. The maximum Gasteiger partial charge on any atom is 0.200 e. The lowest BCUT2D eigenvalue weighted by Crippen LogP contribution is -2.18. The van der Waals surface area contributed by atoms with Crippen molar-refractivity contribution in [2.24, 2.45) is 7.05 Å². The van der Waals surface area contributed by atoms with Crippen molar-refractivity contribution >= 4 is 12.4 Å². The van der Waals surface area contributed by atoms with Gasteiger partial charge in [-0.25, -0.2) is 0 Å². The van der Waals surface area contributed by atoms with E-state index in [0.29, 0.717) is 11.0 Å². The standard InChI is InChI=1S/C9H17N2O3P/c1-11-8(9(13-2)14-3)7(6-10-11)15(4,5)12/h6,9H,1-5H3. The molecule has 0 saturated heterocycles. The minimum atomic E-state index is -2.36. The number of methoxy groups -OCH3 is 2. The Hall–Kier alpha value is -0.640. The van der Waals surface area contributed by atoms with E-state index in [2.05, 4.69) is 5.10 Å². The van der Waals surface area contributed by atoms with E-state index in [0.717, 1.165) is 0 Å². The molecule has 0 N–H and O–H groups in total. The molecule has 0 aliphatic heterocycles. The van der Waals surface area contributed by atoms with E-state index in [-0.39, 0.29) is 0 Å². The van der Waals surface area contributed by atoms with E-state index < -0.39 is 13.4 Å². The third-order valence-corrected chi connectivity index (χ3v) is 3.70. The van der Waals surface area contributed by atoms with Crippen molar-refractivity contribution in [3.05, 3.63) is 11.9 Å². The molecule has 0 aliphatic rings. The van der Waals surface area contributed by atoms with E-state index >= 15 is 0 Å². The molecule has 0 aliphatic carbocycles. The van der Waals surface area contributed by atoms with Crippen LogP contribution in [0.2, 0.25) is 0 Å². The Morgan fingerprint density at radius 2 is 1.93 bits per heavy atom. The Kier molecular flexibility index (Phi) is 3.71. The summed E-state index contributed by atoms with van der Waals surface area (Å²) in [5, 5.41) is 4.79. The molecule has 1 aromatic rings. The smallest absolute Gasteiger partial charge is 0.200 e. The fourth-order valence-electron chi connectivity index (χ4n) is 1.44. The first-order valence-electron chi connectivity index (χ1n) is 4.54. The zero-order valence-electron chi connectivity index (χ0n) is 9.72. The summed E-state index contributed by atoms with van der Waals surface area (Å²) in [5.41, 5.74) is 0.716. The van der Waals surface area contributed by atoms with Crippen LogP contribution in [0.4, 0.5) is 0 Å². The number of hydrogen-bond donors (Lipinski definition) is 0. The van der Waals surface area contributed by atoms with Crippen molar-refractivity contribution in [3.8, 4) is 0 Å². The van der Waals surface area contributed by atoms with E-state index in [1.807, 2.05) is 0 Å². The van der Waals surface area contributed by atoms with Crippen LogP contribution in [0.25, 0.3) is 0 Å². The van der Waals surface area contributed by atoms with Crippen LogP contribution in [0.3, 0.4) is 0 Å². The van der Waals surface area contributed by atoms with Gasteiger partial charge in [-0.1, -0.05) is 0 Å². The molecule has 1 heterocycles. The Morgan fingerprint density at radius 1 is 1.40 bits per heavy atom. The molecule has 0 amide bonds. The van der Waals surface area contributed by atoms with Crippen LogP contribution in [0, 0.1) is 0 Å². The van der Waals surface area contributed by atoms with Gasteiger partial charge in [0.25, 0.3) is 0 Å². The highest BCUT2D eigenvalue weighted by atomic mass is 31.2. The van der Waals surface area contributed by atoms with E-state index in [1.165, 1.54) is 0 Å². The van der Waals surface area contributed by atoms with Crippen LogP contribution < -0.4 is 5.30 Å². The molecule has 0 fully saturated rings. The zero-order chi connectivity index (χ0) is 11.6. The zero-order valence-corrected chi connectivity index (χ0v) is 10.6. The van der Waals surface area contributed by atoms with Crippen molar-refractivity contribution in [1.29, 1.82) is 0 Å². The second-order valence-electron chi connectivity index (χ2n) is 3.69. The molecular weight excluding hydrogens is 215 g/mol. The van der Waals surface area contributed by atoms with Crippen LogP contribution >= 0.6 is 7.14 Å². The van der Waals surface area contributed by atoms with Crippen LogP contribution in [0.5, 0.6) is 0 Å².